The van der Waals surface area contributed by atoms with Gasteiger partial charge in [-0.05, 0) is 43.4 Å². The van der Waals surface area contributed by atoms with Gasteiger partial charge in [0.05, 0.1) is 13.3 Å². The van der Waals surface area contributed by atoms with E-state index in [-0.39, 0.29) is 6.10 Å². The highest BCUT2D eigenvalue weighted by Gasteiger charge is 2.41. The van der Waals surface area contributed by atoms with E-state index in [1.807, 2.05) is 0 Å². The molecule has 1 saturated heterocycles. The molecule has 5 unspecified atom stereocenters. The average molecular weight is 264 g/mol. The zero-order chi connectivity index (χ0) is 13.2. The van der Waals surface area contributed by atoms with Crippen LogP contribution in [0.15, 0.2) is 24.1 Å². The molecule has 0 aromatic rings. The SMILES string of the molecule is COC1=CCC(C2CNC3NC=CCC32)CC1OC. The van der Waals surface area contributed by atoms with Gasteiger partial charge in [0.25, 0.3) is 0 Å². The van der Waals surface area contributed by atoms with E-state index in [9.17, 15) is 0 Å². The van der Waals surface area contributed by atoms with Crippen molar-refractivity contribution < 1.29 is 9.47 Å². The summed E-state index contributed by atoms with van der Waals surface area (Å²) in [7, 11) is 3.52. The van der Waals surface area contributed by atoms with Gasteiger partial charge in [-0.1, -0.05) is 6.08 Å². The number of hydrogen-bond donors (Lipinski definition) is 2. The second kappa shape index (κ2) is 5.55. The molecular formula is C15H24N2O2. The van der Waals surface area contributed by atoms with Crippen LogP contribution in [0.4, 0.5) is 0 Å². The first kappa shape index (κ1) is 13.0. The summed E-state index contributed by atoms with van der Waals surface area (Å²) in [6.07, 6.45) is 10.5. The Balaban J connectivity index is 1.70. The minimum Gasteiger partial charge on any atom is -0.499 e. The lowest BCUT2D eigenvalue weighted by Gasteiger charge is -2.35. The number of ether oxygens (including phenoxy) is 2. The predicted molar refractivity (Wildman–Crippen MR) is 74.3 cm³/mol. The normalized spacial score (nSPS) is 41.4. The van der Waals surface area contributed by atoms with Crippen LogP contribution >= 0.6 is 0 Å². The van der Waals surface area contributed by atoms with Crippen LogP contribution in [0.2, 0.25) is 0 Å². The molecule has 5 atom stereocenters. The van der Waals surface area contributed by atoms with E-state index in [0.717, 1.165) is 31.1 Å². The number of allylic oxidation sites excluding steroid dienone is 2. The Hall–Kier alpha value is -1.00. The molecule has 0 amide bonds. The molecule has 19 heavy (non-hydrogen) atoms. The lowest BCUT2D eigenvalue weighted by Crippen LogP contribution is -2.41. The van der Waals surface area contributed by atoms with E-state index >= 15 is 0 Å². The molecule has 1 fully saturated rings. The number of methoxy groups -OCH3 is 2. The third-order valence-electron chi connectivity index (χ3n) is 4.94. The van der Waals surface area contributed by atoms with Crippen LogP contribution < -0.4 is 10.6 Å². The van der Waals surface area contributed by atoms with Crippen molar-refractivity contribution in [3.05, 3.63) is 24.1 Å². The minimum absolute atomic E-state index is 0.134. The van der Waals surface area contributed by atoms with Crippen molar-refractivity contribution >= 4 is 0 Å². The van der Waals surface area contributed by atoms with Crippen molar-refractivity contribution in [2.75, 3.05) is 20.8 Å². The summed E-state index contributed by atoms with van der Waals surface area (Å²) in [5.41, 5.74) is 0. The van der Waals surface area contributed by atoms with Crippen LogP contribution in [0.25, 0.3) is 0 Å². The summed E-state index contributed by atoms with van der Waals surface area (Å²) < 4.78 is 11.0. The number of hydrogen-bond acceptors (Lipinski definition) is 4. The van der Waals surface area contributed by atoms with Crippen LogP contribution in [-0.2, 0) is 9.47 Å². The maximum Gasteiger partial charge on any atom is 0.120 e. The monoisotopic (exact) mass is 264 g/mol. The first-order valence-electron chi connectivity index (χ1n) is 7.24. The fourth-order valence-corrected chi connectivity index (χ4v) is 3.88. The standard InChI is InChI=1S/C15H24N2O2/c1-18-13-6-5-10(8-14(13)19-2)12-9-17-15-11(12)4-3-7-16-15/h3,6-7,10-12,14-17H,4-5,8-9H2,1-2H3. The summed E-state index contributed by atoms with van der Waals surface area (Å²) in [4.78, 5) is 0. The van der Waals surface area contributed by atoms with Gasteiger partial charge in [-0.25, -0.2) is 0 Å². The Morgan fingerprint density at radius 2 is 2.11 bits per heavy atom. The Kier molecular flexibility index (Phi) is 3.80. The van der Waals surface area contributed by atoms with Gasteiger partial charge in [0.15, 0.2) is 0 Å². The molecule has 2 aliphatic heterocycles. The largest absolute Gasteiger partial charge is 0.499 e. The third-order valence-corrected chi connectivity index (χ3v) is 4.94. The summed E-state index contributed by atoms with van der Waals surface area (Å²) in [6, 6.07) is 0. The van der Waals surface area contributed by atoms with Crippen LogP contribution in [0.3, 0.4) is 0 Å². The van der Waals surface area contributed by atoms with Gasteiger partial charge in [0.2, 0.25) is 0 Å². The van der Waals surface area contributed by atoms with E-state index in [2.05, 4.69) is 29.0 Å². The molecule has 0 saturated carbocycles. The second-order valence-electron chi connectivity index (χ2n) is 5.78. The molecule has 3 rings (SSSR count). The van der Waals surface area contributed by atoms with E-state index in [1.54, 1.807) is 14.2 Å². The van der Waals surface area contributed by atoms with Gasteiger partial charge in [0.1, 0.15) is 11.9 Å². The molecule has 4 nitrogen and oxygen atoms in total. The van der Waals surface area contributed by atoms with E-state index in [1.165, 1.54) is 6.42 Å². The molecule has 4 heteroatoms. The average Bonchev–Trinajstić information content (AvgIpc) is 2.90. The highest BCUT2D eigenvalue weighted by Crippen LogP contribution is 2.39. The van der Waals surface area contributed by atoms with Gasteiger partial charge in [-0.3, -0.25) is 5.32 Å². The van der Waals surface area contributed by atoms with Crippen LogP contribution in [-0.4, -0.2) is 33.0 Å². The van der Waals surface area contributed by atoms with Crippen LogP contribution in [0.1, 0.15) is 19.3 Å². The van der Waals surface area contributed by atoms with E-state index in [0.29, 0.717) is 18.0 Å². The minimum atomic E-state index is 0.134. The highest BCUT2D eigenvalue weighted by molar-refractivity contribution is 5.10. The molecule has 0 spiro atoms. The molecule has 106 valence electrons. The highest BCUT2D eigenvalue weighted by atomic mass is 16.5. The van der Waals surface area contributed by atoms with Gasteiger partial charge < -0.3 is 14.8 Å². The van der Waals surface area contributed by atoms with Crippen molar-refractivity contribution in [2.45, 2.75) is 31.5 Å². The third kappa shape index (κ3) is 2.39. The number of nitrogens with one attached hydrogen (secondary N) is 2. The molecule has 0 aromatic carbocycles. The number of rotatable bonds is 3. The smallest absolute Gasteiger partial charge is 0.120 e. The zero-order valence-corrected chi connectivity index (χ0v) is 11.8. The quantitative estimate of drug-likeness (QED) is 0.813. The maximum atomic E-state index is 5.58. The fourth-order valence-electron chi connectivity index (χ4n) is 3.88. The molecule has 0 radical (unpaired) electrons. The molecule has 3 aliphatic rings. The van der Waals surface area contributed by atoms with Gasteiger partial charge >= 0.3 is 0 Å². The first-order valence-corrected chi connectivity index (χ1v) is 7.24. The van der Waals surface area contributed by atoms with E-state index < -0.39 is 0 Å². The lowest BCUT2D eigenvalue weighted by atomic mass is 9.74. The summed E-state index contributed by atoms with van der Waals surface area (Å²) in [6.45, 7) is 1.11. The van der Waals surface area contributed by atoms with Crippen LogP contribution in [0, 0.1) is 17.8 Å². The van der Waals surface area contributed by atoms with Crippen molar-refractivity contribution in [1.29, 1.82) is 0 Å². The summed E-state index contributed by atoms with van der Waals surface area (Å²) in [5, 5.41) is 7.04. The van der Waals surface area contributed by atoms with Crippen molar-refractivity contribution in [2.24, 2.45) is 17.8 Å². The molecule has 0 aromatic heterocycles. The van der Waals surface area contributed by atoms with Gasteiger partial charge in [-0.2, -0.15) is 0 Å². The Bertz CT molecular complexity index is 380. The molecule has 2 N–H and O–H groups in total. The van der Waals surface area contributed by atoms with Crippen molar-refractivity contribution in [1.82, 2.24) is 10.6 Å². The van der Waals surface area contributed by atoms with Crippen LogP contribution in [0.5, 0.6) is 0 Å². The molecular weight excluding hydrogens is 240 g/mol. The maximum absolute atomic E-state index is 5.58. The Labute approximate surface area is 115 Å². The van der Waals surface area contributed by atoms with Gasteiger partial charge in [-0.15, -0.1) is 0 Å². The lowest BCUT2D eigenvalue weighted by molar-refractivity contribution is 0.0392. The Morgan fingerprint density at radius 3 is 2.89 bits per heavy atom. The second-order valence-corrected chi connectivity index (χ2v) is 5.78. The predicted octanol–water partition coefficient (Wildman–Crippen LogP) is 1.61. The topological polar surface area (TPSA) is 42.5 Å². The fraction of sp³-hybridized carbons (Fsp3) is 0.733. The molecule has 0 bridgehead atoms. The molecule has 1 aliphatic carbocycles. The van der Waals surface area contributed by atoms with E-state index in [4.69, 9.17) is 9.47 Å². The van der Waals surface area contributed by atoms with Crippen molar-refractivity contribution in [3.63, 3.8) is 0 Å². The summed E-state index contributed by atoms with van der Waals surface area (Å²) in [5.74, 6) is 3.14. The van der Waals surface area contributed by atoms with Crippen molar-refractivity contribution in [3.8, 4) is 0 Å². The Morgan fingerprint density at radius 1 is 1.21 bits per heavy atom. The first-order chi connectivity index (χ1) is 9.33. The number of fused-ring (bicyclic) bond motifs is 1. The summed E-state index contributed by atoms with van der Waals surface area (Å²) >= 11 is 0. The van der Waals surface area contributed by atoms with Gasteiger partial charge in [0, 0.05) is 19.6 Å². The molecule has 2 heterocycles. The zero-order valence-electron chi connectivity index (χ0n) is 11.8.